The zero-order valence-corrected chi connectivity index (χ0v) is 10.8. The number of aromatic nitrogens is 2. The maximum atomic E-state index is 12.6. The van der Waals surface area contributed by atoms with Crippen LogP contribution in [0.3, 0.4) is 0 Å². The largest absolute Gasteiger partial charge is 0.393 e. The Morgan fingerprint density at radius 1 is 1.47 bits per heavy atom. The van der Waals surface area contributed by atoms with Crippen LogP contribution in [-0.4, -0.2) is 43.6 Å². The van der Waals surface area contributed by atoms with Crippen LogP contribution < -0.4 is 0 Å². The molecule has 0 aromatic carbocycles. The Labute approximate surface area is 110 Å². The normalized spacial score (nSPS) is 40.8. The number of hydrogen-bond donors (Lipinski definition) is 1. The molecule has 6 heteroatoms. The molecule has 2 saturated heterocycles. The third kappa shape index (κ3) is 1.44. The van der Waals surface area contributed by atoms with E-state index >= 15 is 0 Å². The van der Waals surface area contributed by atoms with E-state index in [-0.39, 0.29) is 18.2 Å². The number of amides is 1. The summed E-state index contributed by atoms with van der Waals surface area (Å²) in [5.41, 5.74) is 0.191. The van der Waals surface area contributed by atoms with E-state index in [2.05, 4.69) is 5.10 Å². The Morgan fingerprint density at radius 2 is 2.26 bits per heavy atom. The first kappa shape index (κ1) is 11.4. The number of fused-ring (bicyclic) bond motifs is 1. The van der Waals surface area contributed by atoms with E-state index in [1.54, 1.807) is 4.68 Å². The Morgan fingerprint density at radius 3 is 2.89 bits per heavy atom. The summed E-state index contributed by atoms with van der Waals surface area (Å²) in [5, 5.41) is 13.9. The van der Waals surface area contributed by atoms with Gasteiger partial charge in [0.2, 0.25) is 0 Å². The van der Waals surface area contributed by atoms with Crippen LogP contribution in [0.1, 0.15) is 37.4 Å². The Kier molecular flexibility index (Phi) is 2.15. The van der Waals surface area contributed by atoms with Crippen molar-refractivity contribution in [3.05, 3.63) is 18.0 Å². The number of rotatable bonds is 1. The lowest BCUT2D eigenvalue weighted by molar-refractivity contribution is -0.165. The number of aryl methyl sites for hydroxylation is 1. The molecule has 19 heavy (non-hydrogen) atoms. The van der Waals surface area contributed by atoms with Crippen molar-refractivity contribution in [1.29, 1.82) is 0 Å². The van der Waals surface area contributed by atoms with E-state index in [4.69, 9.17) is 4.74 Å². The fourth-order valence-electron chi connectivity index (χ4n) is 3.59. The molecule has 3 aliphatic rings. The smallest absolute Gasteiger partial charge is 0.257 e. The molecule has 4 rings (SSSR count). The summed E-state index contributed by atoms with van der Waals surface area (Å²) in [6, 6.07) is 1.98. The van der Waals surface area contributed by atoms with Crippen LogP contribution in [0.4, 0.5) is 0 Å². The number of nitrogens with zero attached hydrogens (tertiary/aromatic N) is 3. The summed E-state index contributed by atoms with van der Waals surface area (Å²) in [6.45, 7) is 0. The van der Waals surface area contributed by atoms with E-state index in [0.29, 0.717) is 12.8 Å². The predicted molar refractivity (Wildman–Crippen MR) is 64.9 cm³/mol. The maximum Gasteiger partial charge on any atom is 0.257 e. The maximum absolute atomic E-state index is 12.6. The molecule has 1 N–H and O–H groups in total. The average Bonchev–Trinajstić information content (AvgIpc) is 2.96. The molecular weight excluding hydrogens is 246 g/mol. The topological polar surface area (TPSA) is 67.6 Å². The lowest BCUT2D eigenvalue weighted by atomic mass is 9.76. The lowest BCUT2D eigenvalue weighted by Crippen LogP contribution is -2.54. The molecule has 0 unspecified atom stereocenters. The highest BCUT2D eigenvalue weighted by Gasteiger charge is 2.62. The zero-order valence-electron chi connectivity index (χ0n) is 10.8. The minimum atomic E-state index is -0.739. The van der Waals surface area contributed by atoms with Gasteiger partial charge < -0.3 is 14.7 Å². The summed E-state index contributed by atoms with van der Waals surface area (Å²) in [7, 11) is 1.88. The van der Waals surface area contributed by atoms with Crippen LogP contribution >= 0.6 is 0 Å². The quantitative estimate of drug-likeness (QED) is 0.793. The van der Waals surface area contributed by atoms with E-state index < -0.39 is 11.7 Å². The first-order valence-electron chi connectivity index (χ1n) is 6.77. The molecule has 0 radical (unpaired) electrons. The van der Waals surface area contributed by atoms with Crippen LogP contribution in [0.2, 0.25) is 0 Å². The molecule has 102 valence electrons. The number of aliphatic hydroxyl groups is 1. The fraction of sp³-hybridized carbons (Fsp3) is 0.692. The van der Waals surface area contributed by atoms with Crippen molar-refractivity contribution < 1.29 is 14.6 Å². The summed E-state index contributed by atoms with van der Waals surface area (Å²) in [5.74, 6) is 0.0379. The molecule has 1 aliphatic carbocycles. The number of carbonyl (C=O) groups is 1. The molecule has 3 heterocycles. The van der Waals surface area contributed by atoms with Gasteiger partial charge in [-0.2, -0.15) is 5.10 Å². The van der Waals surface area contributed by atoms with Gasteiger partial charge >= 0.3 is 0 Å². The monoisotopic (exact) mass is 263 g/mol. The number of aliphatic hydroxyl groups excluding tert-OH is 1. The van der Waals surface area contributed by atoms with Crippen LogP contribution in [0.15, 0.2) is 12.3 Å². The summed E-state index contributed by atoms with van der Waals surface area (Å²) < 4.78 is 7.69. The Bertz CT molecular complexity index is 535. The molecule has 1 spiro atoms. The minimum absolute atomic E-state index is 0.0239. The lowest BCUT2D eigenvalue weighted by Gasteiger charge is -2.39. The molecule has 3 fully saturated rings. The van der Waals surface area contributed by atoms with Gasteiger partial charge in [0.05, 0.1) is 17.8 Å². The fourth-order valence-corrected chi connectivity index (χ4v) is 3.59. The molecule has 1 amide bonds. The van der Waals surface area contributed by atoms with E-state index in [1.165, 1.54) is 0 Å². The van der Waals surface area contributed by atoms with E-state index in [0.717, 1.165) is 18.5 Å². The number of carbonyl (C=O) groups excluding carboxylic acids is 1. The number of ether oxygens (including phenoxy) is 1. The second-order valence-corrected chi connectivity index (χ2v) is 5.85. The average molecular weight is 263 g/mol. The van der Waals surface area contributed by atoms with Crippen LogP contribution in [-0.2, 0) is 16.6 Å². The van der Waals surface area contributed by atoms with Gasteiger partial charge in [-0.05, 0) is 18.9 Å². The van der Waals surface area contributed by atoms with Gasteiger partial charge in [-0.25, -0.2) is 0 Å². The van der Waals surface area contributed by atoms with Gasteiger partial charge in [-0.1, -0.05) is 0 Å². The first-order valence-corrected chi connectivity index (χ1v) is 6.77. The molecule has 0 bridgehead atoms. The second kappa shape index (κ2) is 3.58. The molecule has 1 saturated carbocycles. The second-order valence-electron chi connectivity index (χ2n) is 5.85. The minimum Gasteiger partial charge on any atom is -0.393 e. The third-order valence-electron chi connectivity index (χ3n) is 4.53. The first-order chi connectivity index (χ1) is 9.09. The van der Waals surface area contributed by atoms with E-state index in [1.807, 2.05) is 24.2 Å². The van der Waals surface area contributed by atoms with Crippen molar-refractivity contribution in [2.24, 2.45) is 7.05 Å². The van der Waals surface area contributed by atoms with Crippen molar-refractivity contribution in [2.75, 3.05) is 0 Å². The molecule has 6 nitrogen and oxygen atoms in total. The van der Waals surface area contributed by atoms with Gasteiger partial charge in [-0.15, -0.1) is 0 Å². The van der Waals surface area contributed by atoms with Gasteiger partial charge in [0, 0.05) is 26.1 Å². The third-order valence-corrected chi connectivity index (χ3v) is 4.53. The van der Waals surface area contributed by atoms with Gasteiger partial charge in [-0.3, -0.25) is 9.48 Å². The van der Waals surface area contributed by atoms with Gasteiger partial charge in [0.1, 0.15) is 6.23 Å². The van der Waals surface area contributed by atoms with Crippen molar-refractivity contribution in [2.45, 2.75) is 49.7 Å². The van der Waals surface area contributed by atoms with Crippen molar-refractivity contribution >= 4 is 5.91 Å². The molecule has 2 atom stereocenters. The van der Waals surface area contributed by atoms with Crippen molar-refractivity contribution in [3.63, 3.8) is 0 Å². The summed E-state index contributed by atoms with van der Waals surface area (Å²) in [4.78, 5) is 14.4. The Balaban J connectivity index is 1.63. The zero-order chi connectivity index (χ0) is 13.2. The predicted octanol–water partition coefficient (Wildman–Crippen LogP) is 0.333. The van der Waals surface area contributed by atoms with E-state index in [9.17, 15) is 9.90 Å². The summed E-state index contributed by atoms with van der Waals surface area (Å²) >= 11 is 0. The van der Waals surface area contributed by atoms with Crippen LogP contribution in [0.5, 0.6) is 0 Å². The van der Waals surface area contributed by atoms with Crippen molar-refractivity contribution in [3.8, 4) is 0 Å². The highest BCUT2D eigenvalue weighted by atomic mass is 16.6. The molecular formula is C13H17N3O3. The molecule has 2 aliphatic heterocycles. The van der Waals surface area contributed by atoms with Gasteiger partial charge in [0.15, 0.2) is 5.60 Å². The van der Waals surface area contributed by atoms with Crippen LogP contribution in [0.25, 0.3) is 0 Å². The van der Waals surface area contributed by atoms with Gasteiger partial charge in [0.25, 0.3) is 5.91 Å². The highest BCUT2D eigenvalue weighted by molar-refractivity contribution is 5.89. The standard InChI is InChI=1S/C13H17N3O3/c1-15-5-4-9(14-15)10-2-3-11-16(10)12(18)13(19-11)6-8(17)7-13/h4-5,8,10-11,17H,2-3,6-7H2,1H3/t8?,10-,11+,13?/m0/s1. The Hall–Kier alpha value is -1.40. The van der Waals surface area contributed by atoms with Crippen LogP contribution in [0, 0.1) is 0 Å². The van der Waals surface area contributed by atoms with Crippen molar-refractivity contribution in [1.82, 2.24) is 14.7 Å². The highest BCUT2D eigenvalue weighted by Crippen LogP contribution is 2.50. The summed E-state index contributed by atoms with van der Waals surface area (Å²) in [6.07, 6.45) is 4.00. The molecule has 1 aromatic heterocycles. The SMILES string of the molecule is Cn1ccc([C@@H]2CC[C@H]3OC4(CC(O)C4)C(=O)N32)n1. The molecule has 1 aromatic rings. The number of hydrogen-bond acceptors (Lipinski definition) is 4.